The van der Waals surface area contributed by atoms with E-state index in [1.165, 1.54) is 19.2 Å². The van der Waals surface area contributed by atoms with E-state index in [9.17, 15) is 13.9 Å². The van der Waals surface area contributed by atoms with Gasteiger partial charge in [0.25, 0.3) is 0 Å². The average molecular weight is 230 g/mol. The summed E-state index contributed by atoms with van der Waals surface area (Å²) in [5.41, 5.74) is 0.169. The molecule has 0 aliphatic carbocycles. The van der Waals surface area contributed by atoms with Gasteiger partial charge in [-0.25, -0.2) is 8.78 Å². The lowest BCUT2D eigenvalue weighted by molar-refractivity contribution is -0.0132. The van der Waals surface area contributed by atoms with E-state index in [1.807, 2.05) is 6.92 Å². The average Bonchev–Trinajstić information content (AvgIpc) is 2.26. The molecule has 2 unspecified atom stereocenters. The van der Waals surface area contributed by atoms with E-state index in [4.69, 9.17) is 4.74 Å². The van der Waals surface area contributed by atoms with Gasteiger partial charge in [0.15, 0.2) is 11.6 Å². The van der Waals surface area contributed by atoms with Crippen LogP contribution in [0.5, 0.6) is 0 Å². The van der Waals surface area contributed by atoms with E-state index < -0.39 is 17.7 Å². The second kappa shape index (κ2) is 5.92. The number of hydrogen-bond donors (Lipinski definition) is 1. The second-order valence-electron chi connectivity index (χ2n) is 3.67. The maximum Gasteiger partial charge on any atom is 0.162 e. The van der Waals surface area contributed by atoms with E-state index in [2.05, 4.69) is 0 Å². The standard InChI is InChI=1S/C12H16F2O2/c1-3-11(16-2)10(15)7-8-5-4-6-9(13)12(8)14/h4-6,10-11,15H,3,7H2,1-2H3. The summed E-state index contributed by atoms with van der Waals surface area (Å²) in [4.78, 5) is 0. The van der Waals surface area contributed by atoms with Crippen molar-refractivity contribution >= 4 is 0 Å². The number of halogens is 2. The first-order chi connectivity index (χ1) is 7.60. The summed E-state index contributed by atoms with van der Waals surface area (Å²) in [5, 5.41) is 9.76. The summed E-state index contributed by atoms with van der Waals surface area (Å²) < 4.78 is 31.3. The van der Waals surface area contributed by atoms with Gasteiger partial charge in [-0.1, -0.05) is 19.1 Å². The van der Waals surface area contributed by atoms with Crippen LogP contribution in [0.15, 0.2) is 18.2 Å². The van der Waals surface area contributed by atoms with Crippen LogP contribution in [0.25, 0.3) is 0 Å². The Labute approximate surface area is 93.9 Å². The highest BCUT2D eigenvalue weighted by Gasteiger charge is 2.19. The topological polar surface area (TPSA) is 29.5 Å². The van der Waals surface area contributed by atoms with E-state index in [0.717, 1.165) is 6.07 Å². The molecule has 1 rings (SSSR count). The molecule has 0 aliphatic rings. The second-order valence-corrected chi connectivity index (χ2v) is 3.67. The van der Waals surface area contributed by atoms with Gasteiger partial charge in [-0.2, -0.15) is 0 Å². The van der Waals surface area contributed by atoms with Crippen molar-refractivity contribution in [2.75, 3.05) is 7.11 Å². The normalized spacial score (nSPS) is 14.8. The Morgan fingerprint density at radius 3 is 2.62 bits per heavy atom. The maximum absolute atomic E-state index is 13.3. The van der Waals surface area contributed by atoms with Crippen LogP contribution in [-0.2, 0) is 11.2 Å². The molecule has 0 radical (unpaired) electrons. The molecule has 0 heterocycles. The van der Waals surface area contributed by atoms with Crippen LogP contribution in [0.1, 0.15) is 18.9 Å². The number of ether oxygens (including phenoxy) is 1. The van der Waals surface area contributed by atoms with Crippen molar-refractivity contribution in [2.24, 2.45) is 0 Å². The Balaban J connectivity index is 2.76. The molecule has 0 amide bonds. The minimum absolute atomic E-state index is 0.0515. The van der Waals surface area contributed by atoms with Crippen molar-refractivity contribution in [3.05, 3.63) is 35.4 Å². The summed E-state index contributed by atoms with van der Waals surface area (Å²) in [5.74, 6) is -1.79. The smallest absolute Gasteiger partial charge is 0.162 e. The SMILES string of the molecule is CCC(OC)C(O)Cc1cccc(F)c1F. The number of rotatable bonds is 5. The van der Waals surface area contributed by atoms with Crippen molar-refractivity contribution in [3.8, 4) is 0 Å². The minimum atomic E-state index is -0.896. The summed E-state index contributed by atoms with van der Waals surface area (Å²) in [6.45, 7) is 1.86. The van der Waals surface area contributed by atoms with E-state index in [1.54, 1.807) is 0 Å². The Morgan fingerprint density at radius 1 is 1.38 bits per heavy atom. The van der Waals surface area contributed by atoms with E-state index in [-0.39, 0.29) is 18.1 Å². The van der Waals surface area contributed by atoms with Crippen molar-refractivity contribution in [1.82, 2.24) is 0 Å². The lowest BCUT2D eigenvalue weighted by Gasteiger charge is -2.20. The van der Waals surface area contributed by atoms with Crippen molar-refractivity contribution in [1.29, 1.82) is 0 Å². The summed E-state index contributed by atoms with van der Waals surface area (Å²) >= 11 is 0. The first-order valence-corrected chi connectivity index (χ1v) is 5.23. The Kier molecular flexibility index (Phi) is 4.83. The third kappa shape index (κ3) is 3.00. The van der Waals surface area contributed by atoms with Crippen LogP contribution in [0.4, 0.5) is 8.78 Å². The molecule has 0 spiro atoms. The molecule has 4 heteroatoms. The van der Waals surface area contributed by atoms with Crippen molar-refractivity contribution in [3.63, 3.8) is 0 Å². The minimum Gasteiger partial charge on any atom is -0.390 e. The molecule has 0 aliphatic heterocycles. The third-order valence-electron chi connectivity index (χ3n) is 2.59. The molecule has 1 aromatic carbocycles. The lowest BCUT2D eigenvalue weighted by atomic mass is 10.0. The Bertz CT molecular complexity index is 338. The summed E-state index contributed by atoms with van der Waals surface area (Å²) in [7, 11) is 1.49. The zero-order chi connectivity index (χ0) is 12.1. The first-order valence-electron chi connectivity index (χ1n) is 5.23. The number of methoxy groups -OCH3 is 1. The van der Waals surface area contributed by atoms with Crippen molar-refractivity contribution in [2.45, 2.75) is 32.0 Å². The number of benzene rings is 1. The van der Waals surface area contributed by atoms with Gasteiger partial charge in [0, 0.05) is 13.5 Å². The molecule has 90 valence electrons. The zero-order valence-corrected chi connectivity index (χ0v) is 9.41. The van der Waals surface area contributed by atoms with Gasteiger partial charge in [0.05, 0.1) is 12.2 Å². The van der Waals surface area contributed by atoms with Crippen LogP contribution in [0.2, 0.25) is 0 Å². The van der Waals surface area contributed by atoms with Gasteiger partial charge in [-0.05, 0) is 18.1 Å². The molecule has 0 saturated carbocycles. The fourth-order valence-corrected chi connectivity index (χ4v) is 1.66. The third-order valence-corrected chi connectivity index (χ3v) is 2.59. The van der Waals surface area contributed by atoms with Gasteiger partial charge < -0.3 is 9.84 Å². The molecule has 2 nitrogen and oxygen atoms in total. The number of aliphatic hydroxyl groups is 1. The summed E-state index contributed by atoms with van der Waals surface area (Å²) in [6.07, 6.45) is -0.515. The molecule has 1 N–H and O–H groups in total. The first kappa shape index (κ1) is 13.1. The van der Waals surface area contributed by atoms with Gasteiger partial charge in [0.2, 0.25) is 0 Å². The highest BCUT2D eigenvalue weighted by atomic mass is 19.2. The molecule has 0 fully saturated rings. The fourth-order valence-electron chi connectivity index (χ4n) is 1.66. The molecular formula is C12H16F2O2. The fraction of sp³-hybridized carbons (Fsp3) is 0.500. The monoisotopic (exact) mass is 230 g/mol. The van der Waals surface area contributed by atoms with Crippen LogP contribution in [-0.4, -0.2) is 24.4 Å². The number of aliphatic hydroxyl groups excluding tert-OH is 1. The number of hydrogen-bond acceptors (Lipinski definition) is 2. The molecule has 0 bridgehead atoms. The highest BCUT2D eigenvalue weighted by molar-refractivity contribution is 5.19. The van der Waals surface area contributed by atoms with Gasteiger partial charge in [0.1, 0.15) is 0 Å². The van der Waals surface area contributed by atoms with Crippen LogP contribution < -0.4 is 0 Å². The summed E-state index contributed by atoms with van der Waals surface area (Å²) in [6, 6.07) is 3.94. The molecule has 0 aromatic heterocycles. The van der Waals surface area contributed by atoms with E-state index in [0.29, 0.717) is 6.42 Å². The van der Waals surface area contributed by atoms with Gasteiger partial charge in [-0.15, -0.1) is 0 Å². The van der Waals surface area contributed by atoms with Gasteiger partial charge in [-0.3, -0.25) is 0 Å². The largest absolute Gasteiger partial charge is 0.390 e. The lowest BCUT2D eigenvalue weighted by Crippen LogP contribution is -2.29. The zero-order valence-electron chi connectivity index (χ0n) is 9.41. The van der Waals surface area contributed by atoms with Gasteiger partial charge >= 0.3 is 0 Å². The quantitative estimate of drug-likeness (QED) is 0.841. The highest BCUT2D eigenvalue weighted by Crippen LogP contribution is 2.16. The molecular weight excluding hydrogens is 214 g/mol. The molecule has 1 aromatic rings. The Morgan fingerprint density at radius 2 is 2.06 bits per heavy atom. The maximum atomic E-state index is 13.3. The van der Waals surface area contributed by atoms with Crippen LogP contribution in [0, 0.1) is 11.6 Å². The predicted molar refractivity (Wildman–Crippen MR) is 57.2 cm³/mol. The predicted octanol–water partition coefficient (Wildman–Crippen LogP) is 2.29. The molecule has 0 saturated heterocycles. The van der Waals surface area contributed by atoms with E-state index >= 15 is 0 Å². The van der Waals surface area contributed by atoms with Crippen LogP contribution in [0.3, 0.4) is 0 Å². The molecule has 16 heavy (non-hydrogen) atoms. The van der Waals surface area contributed by atoms with Crippen molar-refractivity contribution < 1.29 is 18.6 Å². The molecule has 2 atom stereocenters. The van der Waals surface area contributed by atoms with Crippen LogP contribution >= 0.6 is 0 Å². The Hall–Kier alpha value is -1.00.